The van der Waals surface area contributed by atoms with Gasteiger partial charge in [-0.1, -0.05) is 36.4 Å². The van der Waals surface area contributed by atoms with E-state index in [0.29, 0.717) is 30.1 Å². The molecule has 1 aliphatic heterocycles. The maximum atomic E-state index is 14.1. The molecule has 0 aliphatic carbocycles. The van der Waals surface area contributed by atoms with Gasteiger partial charge in [-0.25, -0.2) is 9.18 Å². The van der Waals surface area contributed by atoms with E-state index in [-0.39, 0.29) is 11.7 Å². The van der Waals surface area contributed by atoms with Gasteiger partial charge in [0.15, 0.2) is 0 Å². The Morgan fingerprint density at radius 2 is 1.67 bits per heavy atom. The Labute approximate surface area is 227 Å². The van der Waals surface area contributed by atoms with Crippen molar-refractivity contribution in [2.75, 3.05) is 31.5 Å². The fourth-order valence-corrected chi connectivity index (χ4v) is 4.62. The number of anilines is 1. The van der Waals surface area contributed by atoms with Crippen LogP contribution in [0.5, 0.6) is 0 Å². The summed E-state index contributed by atoms with van der Waals surface area (Å²) in [5, 5.41) is 3.76. The van der Waals surface area contributed by atoms with Crippen molar-refractivity contribution in [3.05, 3.63) is 89.7 Å². The van der Waals surface area contributed by atoms with Crippen LogP contribution < -0.4 is 5.32 Å². The first-order chi connectivity index (χ1) is 18.7. The Morgan fingerprint density at radius 3 is 2.41 bits per heavy atom. The smallest absolute Gasteiger partial charge is 0.410 e. The number of carbonyl (C=O) groups excluding carboxylic acids is 2. The Morgan fingerprint density at radius 1 is 0.949 bits per heavy atom. The normalized spacial score (nSPS) is 14.4. The average Bonchev–Trinajstić information content (AvgIpc) is 3.32. The van der Waals surface area contributed by atoms with E-state index in [9.17, 15) is 14.0 Å². The summed E-state index contributed by atoms with van der Waals surface area (Å²) in [6.45, 7) is 9.12. The highest BCUT2D eigenvalue weighted by Crippen LogP contribution is 2.33. The molecule has 1 fully saturated rings. The Bertz CT molecular complexity index is 1500. The zero-order chi connectivity index (χ0) is 27.6. The molecule has 2 amide bonds. The number of hydrogen-bond acceptors (Lipinski definition) is 5. The summed E-state index contributed by atoms with van der Waals surface area (Å²) < 4.78 is 25.8. The van der Waals surface area contributed by atoms with E-state index in [1.54, 1.807) is 23.1 Å². The highest BCUT2D eigenvalue weighted by molar-refractivity contribution is 6.06. The Kier molecular flexibility index (Phi) is 7.39. The Hall–Kier alpha value is -4.17. The molecular weight excluding hydrogens is 497 g/mol. The second-order valence-corrected chi connectivity index (χ2v) is 10.7. The number of nitrogens with zero attached hydrogens (tertiary/aromatic N) is 2. The van der Waals surface area contributed by atoms with Gasteiger partial charge in [-0.05, 0) is 62.7 Å². The standard InChI is InChI=1S/C31H32FN3O4/c1-31(2,3)39-30(37)35-16-14-34(15-17-35)20-21-12-13-22-19-28(38-27(22)18-21)24-9-5-7-11-26(24)33-29(36)23-8-4-6-10-25(23)32/h4-13,18-19H,14-17,20H2,1-3H3,(H,33,36). The van der Waals surface area contributed by atoms with Gasteiger partial charge in [0.25, 0.3) is 5.91 Å². The number of piperazine rings is 1. The number of carbonyl (C=O) groups is 2. The average molecular weight is 530 g/mol. The fourth-order valence-electron chi connectivity index (χ4n) is 4.62. The lowest BCUT2D eigenvalue weighted by Crippen LogP contribution is -2.49. The molecule has 0 unspecified atom stereocenters. The van der Waals surface area contributed by atoms with Crippen molar-refractivity contribution >= 4 is 28.7 Å². The third-order valence-electron chi connectivity index (χ3n) is 6.57. The molecule has 0 atom stereocenters. The summed E-state index contributed by atoms with van der Waals surface area (Å²) in [5.41, 5.74) is 2.57. The number of para-hydroxylation sites is 1. The van der Waals surface area contributed by atoms with Crippen LogP contribution in [0.25, 0.3) is 22.3 Å². The molecular formula is C31H32FN3O4. The van der Waals surface area contributed by atoms with Crippen LogP contribution in [0.1, 0.15) is 36.7 Å². The summed E-state index contributed by atoms with van der Waals surface area (Å²) >= 11 is 0. The zero-order valence-electron chi connectivity index (χ0n) is 22.4. The Balaban J connectivity index is 1.28. The lowest BCUT2D eigenvalue weighted by atomic mass is 10.1. The predicted octanol–water partition coefficient (Wildman–Crippen LogP) is 6.54. The summed E-state index contributed by atoms with van der Waals surface area (Å²) in [4.78, 5) is 29.1. The van der Waals surface area contributed by atoms with Crippen LogP contribution in [0.2, 0.25) is 0 Å². The minimum absolute atomic E-state index is 0.0199. The molecule has 8 heteroatoms. The predicted molar refractivity (Wildman–Crippen MR) is 149 cm³/mol. The van der Waals surface area contributed by atoms with E-state index in [1.165, 1.54) is 12.1 Å². The van der Waals surface area contributed by atoms with Gasteiger partial charge in [0, 0.05) is 43.7 Å². The van der Waals surface area contributed by atoms with E-state index >= 15 is 0 Å². The lowest BCUT2D eigenvalue weighted by molar-refractivity contribution is 0.0139. The number of ether oxygens (including phenoxy) is 1. The summed E-state index contributed by atoms with van der Waals surface area (Å²) in [7, 11) is 0. The molecule has 0 bridgehead atoms. The number of furan rings is 1. The van der Waals surface area contributed by atoms with E-state index in [0.717, 1.165) is 36.2 Å². The van der Waals surface area contributed by atoms with Crippen LogP contribution in [0.3, 0.4) is 0 Å². The van der Waals surface area contributed by atoms with Crippen LogP contribution in [-0.2, 0) is 11.3 Å². The molecule has 5 rings (SSSR count). The maximum absolute atomic E-state index is 14.1. The molecule has 0 spiro atoms. The molecule has 7 nitrogen and oxygen atoms in total. The second-order valence-electron chi connectivity index (χ2n) is 10.7. The molecule has 1 aromatic heterocycles. The first kappa shape index (κ1) is 26.4. The van der Waals surface area contributed by atoms with Crippen LogP contribution in [-0.4, -0.2) is 53.6 Å². The SMILES string of the molecule is CC(C)(C)OC(=O)N1CCN(Cc2ccc3cc(-c4ccccc4NC(=O)c4ccccc4F)oc3c2)CC1. The number of nitrogens with one attached hydrogen (secondary N) is 1. The fraction of sp³-hybridized carbons (Fsp3) is 0.290. The van der Waals surface area contributed by atoms with Crippen molar-refractivity contribution in [1.29, 1.82) is 0 Å². The van der Waals surface area contributed by atoms with Crippen molar-refractivity contribution in [3.63, 3.8) is 0 Å². The number of rotatable bonds is 5. The highest BCUT2D eigenvalue weighted by Gasteiger charge is 2.26. The number of hydrogen-bond donors (Lipinski definition) is 1. The zero-order valence-corrected chi connectivity index (χ0v) is 22.4. The summed E-state index contributed by atoms with van der Waals surface area (Å²) in [5.74, 6) is -0.488. The lowest BCUT2D eigenvalue weighted by Gasteiger charge is -2.35. The van der Waals surface area contributed by atoms with Crippen LogP contribution in [0, 0.1) is 5.82 Å². The minimum Gasteiger partial charge on any atom is -0.456 e. The topological polar surface area (TPSA) is 75.0 Å². The molecule has 39 heavy (non-hydrogen) atoms. The molecule has 1 N–H and O–H groups in total. The minimum atomic E-state index is -0.574. The monoisotopic (exact) mass is 529 g/mol. The van der Waals surface area contributed by atoms with E-state index in [4.69, 9.17) is 9.15 Å². The van der Waals surface area contributed by atoms with Gasteiger partial charge >= 0.3 is 6.09 Å². The van der Waals surface area contributed by atoms with E-state index in [1.807, 2.05) is 57.2 Å². The quantitative estimate of drug-likeness (QED) is 0.318. The van der Waals surface area contributed by atoms with Gasteiger partial charge in [0.2, 0.25) is 0 Å². The third-order valence-corrected chi connectivity index (χ3v) is 6.57. The number of benzene rings is 3. The number of amides is 2. The number of halogens is 1. The van der Waals surface area contributed by atoms with Crippen molar-refractivity contribution in [1.82, 2.24) is 9.80 Å². The van der Waals surface area contributed by atoms with Gasteiger partial charge < -0.3 is 19.4 Å². The van der Waals surface area contributed by atoms with Crippen molar-refractivity contribution in [2.24, 2.45) is 0 Å². The van der Waals surface area contributed by atoms with Gasteiger partial charge in [-0.3, -0.25) is 9.69 Å². The van der Waals surface area contributed by atoms with Crippen LogP contribution in [0.4, 0.5) is 14.9 Å². The van der Waals surface area contributed by atoms with Gasteiger partial charge in [0.05, 0.1) is 11.3 Å². The first-order valence-corrected chi connectivity index (χ1v) is 13.0. The van der Waals surface area contributed by atoms with E-state index < -0.39 is 17.3 Å². The molecule has 1 saturated heterocycles. The summed E-state index contributed by atoms with van der Waals surface area (Å²) in [6.07, 6.45) is -0.267. The van der Waals surface area contributed by atoms with Crippen molar-refractivity contribution < 1.29 is 23.1 Å². The van der Waals surface area contributed by atoms with Crippen molar-refractivity contribution in [2.45, 2.75) is 32.9 Å². The molecule has 3 aromatic carbocycles. The largest absolute Gasteiger partial charge is 0.456 e. The molecule has 4 aromatic rings. The van der Waals surface area contributed by atoms with E-state index in [2.05, 4.69) is 16.3 Å². The third kappa shape index (κ3) is 6.29. The molecule has 0 saturated carbocycles. The van der Waals surface area contributed by atoms with Gasteiger partial charge in [-0.2, -0.15) is 0 Å². The molecule has 2 heterocycles. The second kappa shape index (κ2) is 10.9. The molecule has 1 aliphatic rings. The van der Waals surface area contributed by atoms with Crippen LogP contribution in [0.15, 0.2) is 77.2 Å². The highest BCUT2D eigenvalue weighted by atomic mass is 19.1. The summed E-state index contributed by atoms with van der Waals surface area (Å²) in [6, 6.07) is 21.3. The molecule has 0 radical (unpaired) electrons. The number of fused-ring (bicyclic) bond motifs is 1. The first-order valence-electron chi connectivity index (χ1n) is 13.0. The van der Waals surface area contributed by atoms with Gasteiger partial charge in [0.1, 0.15) is 22.8 Å². The maximum Gasteiger partial charge on any atom is 0.410 e. The van der Waals surface area contributed by atoms with Gasteiger partial charge in [-0.15, -0.1) is 0 Å². The molecule has 202 valence electrons. The van der Waals surface area contributed by atoms with Crippen molar-refractivity contribution in [3.8, 4) is 11.3 Å². The van der Waals surface area contributed by atoms with Crippen LogP contribution >= 0.6 is 0 Å².